The van der Waals surface area contributed by atoms with E-state index >= 15 is 0 Å². The lowest BCUT2D eigenvalue weighted by Gasteiger charge is -2.36. The highest BCUT2D eigenvalue weighted by Crippen LogP contribution is 2.32. The molecule has 1 N–H and O–H groups in total. The van der Waals surface area contributed by atoms with Crippen LogP contribution in [-0.2, 0) is 11.8 Å². The molecular weight excluding hydrogens is 226 g/mol. The lowest BCUT2D eigenvalue weighted by molar-refractivity contribution is -0.250. The van der Waals surface area contributed by atoms with E-state index in [-0.39, 0.29) is 18.6 Å². The van der Waals surface area contributed by atoms with Crippen molar-refractivity contribution in [1.29, 1.82) is 0 Å². The molecule has 0 fully saturated rings. The van der Waals surface area contributed by atoms with Gasteiger partial charge in [0.15, 0.2) is 0 Å². The molecule has 0 saturated carbocycles. The Morgan fingerprint density at radius 1 is 1.17 bits per heavy atom. The molecule has 0 heterocycles. The van der Waals surface area contributed by atoms with Gasteiger partial charge in [-0.15, -0.1) is 10.3 Å². The highest BCUT2D eigenvalue weighted by molar-refractivity contribution is 5.25. The number of benzene rings is 1. The first-order valence-electron chi connectivity index (χ1n) is 6.43. The van der Waals surface area contributed by atoms with Gasteiger partial charge in [0.05, 0.1) is 12.6 Å². The van der Waals surface area contributed by atoms with Gasteiger partial charge < -0.3 is 5.11 Å². The Balaban J connectivity index is 3.04. The highest BCUT2D eigenvalue weighted by atomic mass is 16.5. The molecule has 1 aromatic rings. The molecule has 0 bridgehead atoms. The molecular formula is C15H24NO2. The summed E-state index contributed by atoms with van der Waals surface area (Å²) in [4.78, 5) is 0. The van der Waals surface area contributed by atoms with Crippen LogP contribution >= 0.6 is 0 Å². The molecule has 3 nitrogen and oxygen atoms in total. The summed E-state index contributed by atoms with van der Waals surface area (Å²) in [6.07, 6.45) is 0. The number of nitrogens with zero attached hydrogens (tertiary/aromatic N) is 1. The molecule has 0 amide bonds. The fraction of sp³-hybridized carbons (Fsp3) is 0.600. The molecule has 0 aromatic heterocycles. The maximum absolute atomic E-state index is 12.4. The molecule has 101 valence electrons. The Labute approximate surface area is 110 Å². The maximum Gasteiger partial charge on any atom is 0.0681 e. The van der Waals surface area contributed by atoms with Crippen molar-refractivity contribution in [3.05, 3.63) is 35.4 Å². The van der Waals surface area contributed by atoms with Crippen molar-refractivity contribution >= 4 is 0 Å². The number of aliphatic hydroxyl groups excluding tert-OH is 1. The standard InChI is InChI=1S/C15H24NO2/c1-11(2)14(16(18)15(3,4)5)13-8-6-12(10-17)7-9-13/h6-9,11,14,17H,10H2,1-5H3. The van der Waals surface area contributed by atoms with Crippen LogP contribution in [0, 0.1) is 5.92 Å². The Morgan fingerprint density at radius 2 is 1.67 bits per heavy atom. The fourth-order valence-corrected chi connectivity index (χ4v) is 2.03. The zero-order valence-corrected chi connectivity index (χ0v) is 12.0. The quantitative estimate of drug-likeness (QED) is 0.833. The van der Waals surface area contributed by atoms with Gasteiger partial charge in [0.1, 0.15) is 0 Å². The van der Waals surface area contributed by atoms with Gasteiger partial charge in [0.2, 0.25) is 0 Å². The topological polar surface area (TPSA) is 43.4 Å². The minimum atomic E-state index is -0.412. The maximum atomic E-state index is 12.4. The normalized spacial score (nSPS) is 14.3. The summed E-state index contributed by atoms with van der Waals surface area (Å²) in [5.41, 5.74) is 1.46. The predicted octanol–water partition coefficient (Wildman–Crippen LogP) is 3.32. The molecule has 0 aliphatic rings. The van der Waals surface area contributed by atoms with Crippen molar-refractivity contribution in [2.45, 2.75) is 52.8 Å². The van der Waals surface area contributed by atoms with E-state index in [9.17, 15) is 5.21 Å². The second kappa shape index (κ2) is 5.83. The SMILES string of the molecule is CC(C)C(c1ccc(CO)cc1)N([O])C(C)(C)C. The molecule has 1 rings (SSSR count). The van der Waals surface area contributed by atoms with E-state index in [2.05, 4.69) is 13.8 Å². The molecule has 1 radical (unpaired) electrons. The lowest BCUT2D eigenvalue weighted by Crippen LogP contribution is -2.42. The smallest absolute Gasteiger partial charge is 0.0681 e. The van der Waals surface area contributed by atoms with Crippen LogP contribution in [0.4, 0.5) is 0 Å². The van der Waals surface area contributed by atoms with Gasteiger partial charge in [-0.25, -0.2) is 0 Å². The number of aliphatic hydroxyl groups is 1. The minimum Gasteiger partial charge on any atom is -0.392 e. The molecule has 1 unspecified atom stereocenters. The van der Waals surface area contributed by atoms with Crippen LogP contribution in [0.1, 0.15) is 51.8 Å². The van der Waals surface area contributed by atoms with E-state index in [1.165, 1.54) is 5.06 Å². The van der Waals surface area contributed by atoms with Gasteiger partial charge in [-0.05, 0) is 37.8 Å². The highest BCUT2D eigenvalue weighted by Gasteiger charge is 2.32. The van der Waals surface area contributed by atoms with Gasteiger partial charge in [-0.1, -0.05) is 38.1 Å². The van der Waals surface area contributed by atoms with Crippen LogP contribution < -0.4 is 0 Å². The van der Waals surface area contributed by atoms with Crippen molar-refractivity contribution in [2.24, 2.45) is 5.92 Å². The van der Waals surface area contributed by atoms with Gasteiger partial charge in [0, 0.05) is 5.54 Å². The Morgan fingerprint density at radius 3 is 2.00 bits per heavy atom. The Hall–Kier alpha value is -0.900. The predicted molar refractivity (Wildman–Crippen MR) is 72.2 cm³/mol. The van der Waals surface area contributed by atoms with E-state index in [0.29, 0.717) is 0 Å². The largest absolute Gasteiger partial charge is 0.392 e. The van der Waals surface area contributed by atoms with Gasteiger partial charge in [0.25, 0.3) is 0 Å². The lowest BCUT2D eigenvalue weighted by atomic mass is 9.92. The zero-order chi connectivity index (χ0) is 13.9. The van der Waals surface area contributed by atoms with E-state index in [4.69, 9.17) is 5.11 Å². The van der Waals surface area contributed by atoms with Gasteiger partial charge in [-0.3, -0.25) is 0 Å². The first-order chi connectivity index (χ1) is 8.27. The summed E-state index contributed by atoms with van der Waals surface area (Å²) in [5, 5.41) is 22.6. The van der Waals surface area contributed by atoms with Crippen molar-refractivity contribution in [2.75, 3.05) is 0 Å². The first-order valence-corrected chi connectivity index (χ1v) is 6.43. The zero-order valence-electron chi connectivity index (χ0n) is 12.0. The van der Waals surface area contributed by atoms with Crippen LogP contribution in [0.2, 0.25) is 0 Å². The monoisotopic (exact) mass is 250 g/mol. The summed E-state index contributed by atoms with van der Waals surface area (Å²) >= 11 is 0. The summed E-state index contributed by atoms with van der Waals surface area (Å²) in [7, 11) is 0. The number of hydroxylamine groups is 2. The molecule has 3 heteroatoms. The second-order valence-corrected chi connectivity index (χ2v) is 6.09. The summed E-state index contributed by atoms with van der Waals surface area (Å²) in [6, 6.07) is 7.47. The molecule has 0 aliphatic carbocycles. The molecule has 0 aliphatic heterocycles. The third-order valence-electron chi connectivity index (χ3n) is 3.05. The van der Waals surface area contributed by atoms with Crippen molar-refractivity contribution < 1.29 is 10.3 Å². The third kappa shape index (κ3) is 3.55. The number of hydrogen-bond donors (Lipinski definition) is 1. The van der Waals surface area contributed by atoms with Crippen LogP contribution in [0.3, 0.4) is 0 Å². The second-order valence-electron chi connectivity index (χ2n) is 6.09. The van der Waals surface area contributed by atoms with Crippen molar-refractivity contribution in [3.8, 4) is 0 Å². The van der Waals surface area contributed by atoms with E-state index in [1.54, 1.807) is 0 Å². The molecule has 1 aromatic carbocycles. The summed E-state index contributed by atoms with van der Waals surface area (Å²) < 4.78 is 0. The van der Waals surface area contributed by atoms with Gasteiger partial charge in [-0.2, -0.15) is 0 Å². The molecule has 1 atom stereocenters. The summed E-state index contributed by atoms with van der Waals surface area (Å²) in [6.45, 7) is 9.93. The third-order valence-corrected chi connectivity index (χ3v) is 3.05. The first kappa shape index (κ1) is 15.2. The molecule has 0 saturated heterocycles. The Kier molecular flexibility index (Phi) is 4.91. The fourth-order valence-electron chi connectivity index (χ4n) is 2.03. The van der Waals surface area contributed by atoms with Crippen molar-refractivity contribution in [3.63, 3.8) is 0 Å². The van der Waals surface area contributed by atoms with Crippen LogP contribution in [0.15, 0.2) is 24.3 Å². The van der Waals surface area contributed by atoms with Crippen molar-refractivity contribution in [1.82, 2.24) is 5.06 Å². The van der Waals surface area contributed by atoms with E-state index in [1.807, 2.05) is 45.0 Å². The molecule has 18 heavy (non-hydrogen) atoms. The number of rotatable bonds is 4. The van der Waals surface area contributed by atoms with E-state index in [0.717, 1.165) is 11.1 Å². The average Bonchev–Trinajstić information content (AvgIpc) is 2.28. The average molecular weight is 250 g/mol. The van der Waals surface area contributed by atoms with Crippen LogP contribution in [0.5, 0.6) is 0 Å². The van der Waals surface area contributed by atoms with Gasteiger partial charge >= 0.3 is 0 Å². The molecule has 0 spiro atoms. The van der Waals surface area contributed by atoms with E-state index < -0.39 is 5.54 Å². The number of hydrogen-bond acceptors (Lipinski definition) is 2. The minimum absolute atomic E-state index is 0.0347. The van der Waals surface area contributed by atoms with Crippen LogP contribution in [0.25, 0.3) is 0 Å². The van der Waals surface area contributed by atoms with Crippen LogP contribution in [-0.4, -0.2) is 15.7 Å². The summed E-state index contributed by atoms with van der Waals surface area (Å²) in [5.74, 6) is 0.238. The Bertz CT molecular complexity index is 365.